The summed E-state index contributed by atoms with van der Waals surface area (Å²) in [4.78, 5) is 4.02. The average Bonchev–Trinajstić information content (AvgIpc) is 2.33. The lowest BCUT2D eigenvalue weighted by Crippen LogP contribution is -1.71. The Kier molecular flexibility index (Phi) is 0.773. The van der Waals surface area contributed by atoms with E-state index in [0.29, 0.717) is 0 Å². The molecule has 0 fully saturated rings. The molecule has 0 saturated heterocycles. The average molecular weight is 121 g/mol. The molecule has 0 saturated carbocycles. The van der Waals surface area contributed by atoms with E-state index in [1.807, 2.05) is 12.1 Å². The van der Waals surface area contributed by atoms with E-state index in [-0.39, 0.29) is 1.43 Å². The number of fused-ring (bicyclic) bond motifs is 1. The molecule has 0 amide bonds. The molecule has 0 spiro atoms. The van der Waals surface area contributed by atoms with Crippen LogP contribution in [0.3, 0.4) is 0 Å². The zero-order valence-corrected chi connectivity index (χ0v) is 4.70. The quantitative estimate of drug-likeness (QED) is 0.569. The smallest absolute Gasteiger partial charge is 0.155 e. The highest BCUT2D eigenvalue weighted by Gasteiger charge is 1.89. The molecule has 3 heteroatoms. The van der Waals surface area contributed by atoms with Gasteiger partial charge in [-0.05, 0) is 12.1 Å². The van der Waals surface area contributed by atoms with E-state index in [9.17, 15) is 0 Å². The summed E-state index contributed by atoms with van der Waals surface area (Å²) in [5, 5.41) is 7.63. The van der Waals surface area contributed by atoms with Crippen molar-refractivity contribution >= 4 is 11.0 Å². The maximum atomic E-state index is 4.02. The Hall–Kier alpha value is -1.38. The number of hydrogen-bond acceptors (Lipinski definition) is 2. The number of rotatable bonds is 0. The molecule has 0 aliphatic heterocycles. The van der Waals surface area contributed by atoms with Gasteiger partial charge in [-0.1, -0.05) is 0 Å². The minimum Gasteiger partial charge on any atom is -0.261 e. The summed E-state index contributed by atoms with van der Waals surface area (Å²) in [6.45, 7) is 0. The molecule has 2 aromatic heterocycles. The topological polar surface area (TPSA) is 41.6 Å². The number of aromatic amines is 1. The van der Waals surface area contributed by atoms with Crippen LogP contribution in [-0.4, -0.2) is 15.2 Å². The van der Waals surface area contributed by atoms with E-state index in [1.54, 1.807) is 12.4 Å². The van der Waals surface area contributed by atoms with Crippen molar-refractivity contribution < 1.29 is 1.43 Å². The van der Waals surface area contributed by atoms with Crippen LogP contribution in [-0.2, 0) is 0 Å². The van der Waals surface area contributed by atoms with Crippen molar-refractivity contribution in [1.29, 1.82) is 0 Å². The van der Waals surface area contributed by atoms with Crippen LogP contribution >= 0.6 is 0 Å². The predicted molar refractivity (Wildman–Crippen MR) is 36.0 cm³/mol. The Morgan fingerprint density at radius 1 is 1.56 bits per heavy atom. The van der Waals surface area contributed by atoms with Crippen molar-refractivity contribution in [3.05, 3.63) is 24.5 Å². The second-order valence-electron chi connectivity index (χ2n) is 1.81. The highest BCUT2D eigenvalue weighted by Crippen LogP contribution is 2.03. The molecule has 0 aliphatic rings. The monoisotopic (exact) mass is 121 g/mol. The van der Waals surface area contributed by atoms with Crippen molar-refractivity contribution in [2.75, 3.05) is 0 Å². The van der Waals surface area contributed by atoms with Crippen molar-refractivity contribution in [3.63, 3.8) is 0 Å². The molecule has 0 unspecified atom stereocenters. The van der Waals surface area contributed by atoms with Gasteiger partial charge in [0.05, 0.1) is 6.20 Å². The van der Waals surface area contributed by atoms with E-state index in [4.69, 9.17) is 0 Å². The summed E-state index contributed by atoms with van der Waals surface area (Å²) >= 11 is 0. The first-order valence-corrected chi connectivity index (χ1v) is 2.71. The summed E-state index contributed by atoms with van der Waals surface area (Å²) in [6.07, 6.45) is 3.49. The number of pyridine rings is 1. The van der Waals surface area contributed by atoms with Crippen LogP contribution in [0.5, 0.6) is 0 Å². The van der Waals surface area contributed by atoms with Crippen molar-refractivity contribution in [1.82, 2.24) is 15.2 Å². The lowest BCUT2D eigenvalue weighted by Gasteiger charge is -1.80. The maximum Gasteiger partial charge on any atom is 0.155 e. The molecule has 2 rings (SSSR count). The van der Waals surface area contributed by atoms with Crippen LogP contribution in [0.2, 0.25) is 0 Å². The molecular weight excluding hydrogens is 114 g/mol. The minimum atomic E-state index is 0. The van der Waals surface area contributed by atoms with Gasteiger partial charge in [0, 0.05) is 13.0 Å². The Bertz CT molecular complexity index is 287. The van der Waals surface area contributed by atoms with Crippen LogP contribution < -0.4 is 0 Å². The van der Waals surface area contributed by atoms with Crippen LogP contribution in [0, 0.1) is 0 Å². The van der Waals surface area contributed by atoms with Gasteiger partial charge in [0.25, 0.3) is 0 Å². The lowest BCUT2D eigenvalue weighted by atomic mass is 10.4. The minimum absolute atomic E-state index is 0. The fourth-order valence-corrected chi connectivity index (χ4v) is 0.778. The largest absolute Gasteiger partial charge is 0.261 e. The van der Waals surface area contributed by atoms with Gasteiger partial charge in [0.1, 0.15) is 0 Å². The fourth-order valence-electron chi connectivity index (χ4n) is 0.778. The molecule has 0 aromatic carbocycles. The molecular formula is C6H7N3. The van der Waals surface area contributed by atoms with Crippen LogP contribution in [0.1, 0.15) is 1.43 Å². The molecule has 9 heavy (non-hydrogen) atoms. The highest BCUT2D eigenvalue weighted by molar-refractivity contribution is 5.72. The second-order valence-corrected chi connectivity index (χ2v) is 1.81. The van der Waals surface area contributed by atoms with Crippen molar-refractivity contribution in [2.45, 2.75) is 0 Å². The Labute approximate surface area is 53.2 Å². The summed E-state index contributed by atoms with van der Waals surface area (Å²) in [7, 11) is 0. The number of hydrogen-bond donors (Lipinski definition) is 1. The third kappa shape index (κ3) is 0.579. The molecule has 3 nitrogen and oxygen atoms in total. The Morgan fingerprint density at radius 3 is 3.44 bits per heavy atom. The Morgan fingerprint density at radius 2 is 2.56 bits per heavy atom. The first-order chi connectivity index (χ1) is 4.47. The van der Waals surface area contributed by atoms with E-state index in [2.05, 4.69) is 15.2 Å². The number of nitrogens with zero attached hydrogens (tertiary/aromatic N) is 2. The normalized spacial score (nSPS) is 10.2. The van der Waals surface area contributed by atoms with Gasteiger partial charge in [-0.2, -0.15) is 5.10 Å². The summed E-state index contributed by atoms with van der Waals surface area (Å²) in [6, 6.07) is 3.85. The van der Waals surface area contributed by atoms with Crippen LogP contribution in [0.15, 0.2) is 24.5 Å². The van der Waals surface area contributed by atoms with Gasteiger partial charge < -0.3 is 0 Å². The summed E-state index contributed by atoms with van der Waals surface area (Å²) in [5.41, 5.74) is 0.845. The van der Waals surface area contributed by atoms with Crippen molar-refractivity contribution in [2.24, 2.45) is 0 Å². The summed E-state index contributed by atoms with van der Waals surface area (Å²) in [5.74, 6) is 0. The molecule has 1 N–H and O–H groups in total. The zero-order chi connectivity index (χ0) is 6.10. The third-order valence-electron chi connectivity index (χ3n) is 1.21. The number of aromatic nitrogens is 3. The highest BCUT2D eigenvalue weighted by atomic mass is 15.1. The maximum absolute atomic E-state index is 4.02. The summed E-state index contributed by atoms with van der Waals surface area (Å²) < 4.78 is 0. The number of nitrogens with one attached hydrogen (secondary N) is 1. The zero-order valence-electron chi connectivity index (χ0n) is 4.70. The molecule has 0 aliphatic carbocycles. The predicted octanol–water partition coefficient (Wildman–Crippen LogP) is 1.20. The first-order valence-electron chi connectivity index (χ1n) is 2.71. The fraction of sp³-hybridized carbons (Fsp3) is 0. The van der Waals surface area contributed by atoms with Gasteiger partial charge in [0.15, 0.2) is 5.65 Å². The Balaban J connectivity index is 0.000000500. The van der Waals surface area contributed by atoms with E-state index >= 15 is 0 Å². The standard InChI is InChI=1S/C6H5N3.H2/c1-2-5-4-8-9-6(5)7-3-1;/h1-4H,(H,7,8,9);1H. The van der Waals surface area contributed by atoms with Gasteiger partial charge >= 0.3 is 0 Å². The van der Waals surface area contributed by atoms with Crippen LogP contribution in [0.4, 0.5) is 0 Å². The molecule has 0 radical (unpaired) electrons. The van der Waals surface area contributed by atoms with E-state index in [1.165, 1.54) is 0 Å². The molecule has 2 heterocycles. The van der Waals surface area contributed by atoms with Crippen molar-refractivity contribution in [3.8, 4) is 0 Å². The van der Waals surface area contributed by atoms with Crippen LogP contribution in [0.25, 0.3) is 11.0 Å². The van der Waals surface area contributed by atoms with Gasteiger partial charge in [-0.3, -0.25) is 5.10 Å². The lowest BCUT2D eigenvalue weighted by molar-refractivity contribution is 1.10. The van der Waals surface area contributed by atoms with Gasteiger partial charge in [-0.15, -0.1) is 0 Å². The molecule has 46 valence electrons. The van der Waals surface area contributed by atoms with E-state index in [0.717, 1.165) is 11.0 Å². The van der Waals surface area contributed by atoms with Gasteiger partial charge in [-0.25, -0.2) is 4.98 Å². The third-order valence-corrected chi connectivity index (χ3v) is 1.21. The molecule has 0 bridgehead atoms. The molecule has 0 atom stereocenters. The number of H-pyrrole nitrogens is 1. The van der Waals surface area contributed by atoms with Gasteiger partial charge in [0.2, 0.25) is 0 Å². The first kappa shape index (κ1) is 4.49. The van der Waals surface area contributed by atoms with E-state index < -0.39 is 0 Å². The SMILES string of the molecule is [HH].c1cnc2[nH]ncc2c1. The molecule has 2 aromatic rings. The second kappa shape index (κ2) is 1.55.